The van der Waals surface area contributed by atoms with E-state index in [1.54, 1.807) is 18.2 Å². The number of ether oxygens (including phenoxy) is 3. The zero-order valence-corrected chi connectivity index (χ0v) is 20.0. The van der Waals surface area contributed by atoms with E-state index in [1.807, 2.05) is 30.3 Å². The summed E-state index contributed by atoms with van der Waals surface area (Å²) >= 11 is 4.31. The van der Waals surface area contributed by atoms with Gasteiger partial charge in [0, 0.05) is 6.54 Å². The molecule has 7 nitrogen and oxygen atoms in total. The lowest BCUT2D eigenvalue weighted by Crippen LogP contribution is -2.29. The summed E-state index contributed by atoms with van der Waals surface area (Å²) in [4.78, 5) is 38.1. The topological polar surface area (TPSA) is 82.1 Å². The molecular formula is C23H22BrNO6S. The first-order valence-electron chi connectivity index (χ1n) is 9.79. The Morgan fingerprint density at radius 3 is 2.59 bits per heavy atom. The number of thioether (sulfide) groups is 1. The van der Waals surface area contributed by atoms with E-state index in [0.717, 1.165) is 18.2 Å². The van der Waals surface area contributed by atoms with Crippen molar-refractivity contribution >= 4 is 50.9 Å². The summed E-state index contributed by atoms with van der Waals surface area (Å²) in [6.07, 6.45) is 3.12. The molecule has 0 aromatic heterocycles. The number of esters is 1. The lowest BCUT2D eigenvalue weighted by atomic mass is 10.1. The maximum Gasteiger partial charge on any atom is 0.343 e. The molecule has 0 unspecified atom stereocenters. The molecule has 2 aromatic carbocycles. The first kappa shape index (κ1) is 23.9. The van der Waals surface area contributed by atoms with E-state index in [-0.39, 0.29) is 17.8 Å². The minimum atomic E-state index is -0.524. The largest absolute Gasteiger partial charge is 0.493 e. The van der Waals surface area contributed by atoms with Gasteiger partial charge in [0.05, 0.1) is 23.6 Å². The first-order chi connectivity index (χ1) is 15.4. The Balaban J connectivity index is 1.70. The number of amides is 2. The molecule has 0 N–H and O–H groups in total. The number of carbonyl (C=O) groups excluding carboxylic acids is 3. The number of benzene rings is 2. The van der Waals surface area contributed by atoms with Gasteiger partial charge < -0.3 is 14.2 Å². The van der Waals surface area contributed by atoms with Crippen LogP contribution in [-0.4, -0.2) is 49.4 Å². The molecule has 3 rings (SSSR count). The fraction of sp³-hybridized carbons (Fsp3) is 0.261. The highest BCUT2D eigenvalue weighted by Gasteiger charge is 2.34. The molecule has 32 heavy (non-hydrogen) atoms. The molecule has 2 aromatic rings. The normalized spacial score (nSPS) is 14.7. The second kappa shape index (κ2) is 11.2. The van der Waals surface area contributed by atoms with Crippen LogP contribution in [0.4, 0.5) is 4.79 Å². The van der Waals surface area contributed by atoms with Gasteiger partial charge in [-0.1, -0.05) is 30.3 Å². The Labute approximate surface area is 198 Å². The molecule has 0 bridgehead atoms. The van der Waals surface area contributed by atoms with Crippen LogP contribution >= 0.6 is 27.7 Å². The lowest BCUT2D eigenvalue weighted by molar-refractivity contribution is -0.143. The quantitative estimate of drug-likeness (QED) is 0.351. The van der Waals surface area contributed by atoms with Gasteiger partial charge in [0.2, 0.25) is 0 Å². The average Bonchev–Trinajstić information content (AvgIpc) is 3.05. The van der Waals surface area contributed by atoms with Crippen molar-refractivity contribution in [1.82, 2.24) is 4.90 Å². The van der Waals surface area contributed by atoms with Gasteiger partial charge in [0.1, 0.15) is 0 Å². The van der Waals surface area contributed by atoms with E-state index in [1.165, 1.54) is 24.7 Å². The SMILES string of the molecule is COC(=O)COc1c(Br)cc(/C=C2/SC(=O)N(CCCc3ccccc3)C2=O)cc1OC. The van der Waals surface area contributed by atoms with Crippen LogP contribution in [0.2, 0.25) is 0 Å². The van der Waals surface area contributed by atoms with Crippen LogP contribution in [0.3, 0.4) is 0 Å². The van der Waals surface area contributed by atoms with Crippen molar-refractivity contribution in [2.24, 2.45) is 0 Å². The summed E-state index contributed by atoms with van der Waals surface area (Å²) in [6.45, 7) is 0.0941. The monoisotopic (exact) mass is 519 g/mol. The Bertz CT molecular complexity index is 1040. The van der Waals surface area contributed by atoms with Gasteiger partial charge in [-0.3, -0.25) is 14.5 Å². The molecule has 1 fully saturated rings. The maximum atomic E-state index is 12.8. The van der Waals surface area contributed by atoms with Crippen molar-refractivity contribution in [2.45, 2.75) is 12.8 Å². The van der Waals surface area contributed by atoms with Gasteiger partial charge in [0.25, 0.3) is 11.1 Å². The third kappa shape index (κ3) is 5.92. The highest BCUT2D eigenvalue weighted by atomic mass is 79.9. The van der Waals surface area contributed by atoms with E-state index in [0.29, 0.717) is 39.4 Å². The van der Waals surface area contributed by atoms with E-state index >= 15 is 0 Å². The summed E-state index contributed by atoms with van der Waals surface area (Å²) in [7, 11) is 2.74. The predicted octanol–water partition coefficient (Wildman–Crippen LogP) is 4.68. The van der Waals surface area contributed by atoms with Crippen LogP contribution in [0.1, 0.15) is 17.5 Å². The number of hydrogen-bond acceptors (Lipinski definition) is 7. The number of rotatable bonds is 9. The molecule has 0 radical (unpaired) electrons. The van der Waals surface area contributed by atoms with Gasteiger partial charge in [-0.15, -0.1) is 0 Å². The first-order valence-corrected chi connectivity index (χ1v) is 11.4. The predicted molar refractivity (Wildman–Crippen MR) is 126 cm³/mol. The molecule has 1 saturated heterocycles. The third-order valence-corrected chi connectivity index (χ3v) is 6.17. The Hall–Kier alpha value is -2.78. The number of hydrogen-bond donors (Lipinski definition) is 0. The van der Waals surface area contributed by atoms with Crippen LogP contribution in [0.5, 0.6) is 11.5 Å². The van der Waals surface area contributed by atoms with Crippen molar-refractivity contribution in [3.05, 3.63) is 63.0 Å². The molecule has 1 heterocycles. The summed E-state index contributed by atoms with van der Waals surface area (Å²) in [5.41, 5.74) is 1.82. The van der Waals surface area contributed by atoms with Crippen LogP contribution in [0.15, 0.2) is 51.8 Å². The molecule has 1 aliphatic rings. The number of nitrogens with zero attached hydrogens (tertiary/aromatic N) is 1. The van der Waals surface area contributed by atoms with Gasteiger partial charge in [0.15, 0.2) is 18.1 Å². The number of carbonyl (C=O) groups is 3. The summed E-state index contributed by atoms with van der Waals surface area (Å²) in [5.74, 6) is -0.126. The molecule has 9 heteroatoms. The zero-order chi connectivity index (χ0) is 23.1. The van der Waals surface area contributed by atoms with E-state index < -0.39 is 5.97 Å². The molecule has 2 amide bonds. The number of imide groups is 1. The zero-order valence-electron chi connectivity index (χ0n) is 17.6. The molecule has 0 saturated carbocycles. The van der Waals surface area contributed by atoms with Crippen LogP contribution in [-0.2, 0) is 20.7 Å². The summed E-state index contributed by atoms with van der Waals surface area (Å²) < 4.78 is 15.9. The molecule has 0 atom stereocenters. The smallest absolute Gasteiger partial charge is 0.343 e. The van der Waals surface area contributed by atoms with Crippen molar-refractivity contribution in [2.75, 3.05) is 27.4 Å². The van der Waals surface area contributed by atoms with Gasteiger partial charge in [-0.25, -0.2) is 4.79 Å². The van der Waals surface area contributed by atoms with Gasteiger partial charge >= 0.3 is 5.97 Å². The van der Waals surface area contributed by atoms with Crippen molar-refractivity contribution in [3.8, 4) is 11.5 Å². The van der Waals surface area contributed by atoms with Crippen molar-refractivity contribution in [3.63, 3.8) is 0 Å². The third-order valence-electron chi connectivity index (χ3n) is 4.68. The summed E-state index contributed by atoms with van der Waals surface area (Å²) in [6, 6.07) is 13.3. The highest BCUT2D eigenvalue weighted by molar-refractivity contribution is 9.10. The Morgan fingerprint density at radius 1 is 1.16 bits per heavy atom. The second-order valence-electron chi connectivity index (χ2n) is 6.82. The van der Waals surface area contributed by atoms with Gasteiger partial charge in [-0.05, 0) is 69.9 Å². The number of halogens is 1. The fourth-order valence-corrected chi connectivity index (χ4v) is 4.52. The van der Waals surface area contributed by atoms with Crippen LogP contribution in [0, 0.1) is 0 Å². The number of methoxy groups -OCH3 is 2. The van der Waals surface area contributed by atoms with Crippen LogP contribution in [0.25, 0.3) is 6.08 Å². The minimum Gasteiger partial charge on any atom is -0.493 e. The molecule has 0 spiro atoms. The molecule has 1 aliphatic heterocycles. The Morgan fingerprint density at radius 2 is 1.91 bits per heavy atom. The molecule has 168 valence electrons. The van der Waals surface area contributed by atoms with Crippen molar-refractivity contribution in [1.29, 1.82) is 0 Å². The van der Waals surface area contributed by atoms with Crippen molar-refractivity contribution < 1.29 is 28.6 Å². The second-order valence-corrected chi connectivity index (χ2v) is 8.67. The summed E-state index contributed by atoms with van der Waals surface area (Å²) in [5, 5.41) is -0.279. The van der Waals surface area contributed by atoms with Crippen LogP contribution < -0.4 is 9.47 Å². The Kier molecular flexibility index (Phi) is 8.35. The maximum absolute atomic E-state index is 12.8. The van der Waals surface area contributed by atoms with E-state index in [2.05, 4.69) is 20.7 Å². The minimum absolute atomic E-state index is 0.271. The lowest BCUT2D eigenvalue weighted by Gasteiger charge is -2.13. The highest BCUT2D eigenvalue weighted by Crippen LogP contribution is 2.39. The molecule has 0 aliphatic carbocycles. The average molecular weight is 520 g/mol. The van der Waals surface area contributed by atoms with Gasteiger partial charge in [-0.2, -0.15) is 0 Å². The van der Waals surface area contributed by atoms with E-state index in [4.69, 9.17) is 9.47 Å². The fourth-order valence-electron chi connectivity index (χ4n) is 3.08. The standard InChI is InChI=1S/C23H22BrNO6S/c1-29-18-12-16(11-17(24)21(18)31-14-20(26)30-2)13-19-22(27)25(23(28)32-19)10-6-9-15-7-4-3-5-8-15/h3-5,7-8,11-13H,6,9-10,14H2,1-2H3/b19-13+. The molecular weight excluding hydrogens is 498 g/mol. The van der Waals surface area contributed by atoms with E-state index in [9.17, 15) is 14.4 Å². The number of aryl methyl sites for hydroxylation is 1.